The van der Waals surface area contributed by atoms with Crippen LogP contribution in [0.15, 0.2) is 18.2 Å². The Bertz CT molecular complexity index is 482. The highest BCUT2D eigenvalue weighted by Crippen LogP contribution is 2.22. The lowest BCUT2D eigenvalue weighted by Gasteiger charge is -1.93. The van der Waals surface area contributed by atoms with Gasteiger partial charge < -0.3 is 4.98 Å². The van der Waals surface area contributed by atoms with Gasteiger partial charge in [0.25, 0.3) is 0 Å². The number of carbonyl (C=O) groups is 1. The molecule has 0 amide bonds. The molecular weight excluding hydrogens is 174 g/mol. The molecular formula is C12H13NO. The van der Waals surface area contributed by atoms with E-state index in [9.17, 15) is 4.79 Å². The first-order valence-corrected chi connectivity index (χ1v) is 4.82. The van der Waals surface area contributed by atoms with E-state index in [-0.39, 0.29) is 0 Å². The molecule has 1 aromatic heterocycles. The monoisotopic (exact) mass is 187 g/mol. The quantitative estimate of drug-likeness (QED) is 0.720. The Morgan fingerprint density at radius 2 is 2.21 bits per heavy atom. The van der Waals surface area contributed by atoms with Crippen LogP contribution in [0.1, 0.15) is 28.5 Å². The van der Waals surface area contributed by atoms with Crippen LogP contribution in [0.4, 0.5) is 0 Å². The number of rotatable bonds is 2. The molecule has 2 rings (SSSR count). The smallest absolute Gasteiger partial charge is 0.152 e. The van der Waals surface area contributed by atoms with Crippen molar-refractivity contribution >= 4 is 17.2 Å². The Morgan fingerprint density at radius 3 is 2.86 bits per heavy atom. The Hall–Kier alpha value is -1.57. The fourth-order valence-electron chi connectivity index (χ4n) is 1.80. The maximum atomic E-state index is 11.0. The summed E-state index contributed by atoms with van der Waals surface area (Å²) in [5.74, 6) is 0. The topological polar surface area (TPSA) is 32.9 Å². The molecule has 0 unspecified atom stereocenters. The fourth-order valence-corrected chi connectivity index (χ4v) is 1.80. The van der Waals surface area contributed by atoms with Crippen molar-refractivity contribution in [3.8, 4) is 0 Å². The van der Waals surface area contributed by atoms with E-state index in [1.807, 2.05) is 26.0 Å². The Morgan fingerprint density at radius 1 is 1.43 bits per heavy atom. The van der Waals surface area contributed by atoms with Gasteiger partial charge >= 0.3 is 0 Å². The standard InChI is InChI=1S/C12H13NO/c1-3-11-10(7-14)9-6-8(2)4-5-12(9)13-11/h4-7,13H,3H2,1-2H3. The van der Waals surface area contributed by atoms with Gasteiger partial charge in [0, 0.05) is 22.2 Å². The van der Waals surface area contributed by atoms with E-state index >= 15 is 0 Å². The average molecular weight is 187 g/mol. The second kappa shape index (κ2) is 3.29. The average Bonchev–Trinajstić information content (AvgIpc) is 2.54. The number of benzene rings is 1. The number of carbonyl (C=O) groups excluding carboxylic acids is 1. The van der Waals surface area contributed by atoms with Crippen molar-refractivity contribution in [2.75, 3.05) is 0 Å². The SMILES string of the molecule is CCc1[nH]c2ccc(C)cc2c1C=O. The van der Waals surface area contributed by atoms with Gasteiger partial charge in [-0.25, -0.2) is 0 Å². The lowest BCUT2D eigenvalue weighted by Crippen LogP contribution is -1.86. The maximum Gasteiger partial charge on any atom is 0.152 e. The summed E-state index contributed by atoms with van der Waals surface area (Å²) in [4.78, 5) is 14.2. The first-order chi connectivity index (χ1) is 6.76. The maximum absolute atomic E-state index is 11.0. The van der Waals surface area contributed by atoms with Gasteiger partial charge in [-0.05, 0) is 25.5 Å². The molecule has 1 N–H and O–H groups in total. The van der Waals surface area contributed by atoms with E-state index in [0.717, 1.165) is 34.9 Å². The van der Waals surface area contributed by atoms with E-state index in [1.165, 1.54) is 5.56 Å². The van der Waals surface area contributed by atoms with Crippen molar-refractivity contribution in [3.63, 3.8) is 0 Å². The minimum atomic E-state index is 0.811. The number of aryl methyl sites for hydroxylation is 2. The van der Waals surface area contributed by atoms with Crippen molar-refractivity contribution in [3.05, 3.63) is 35.0 Å². The summed E-state index contributed by atoms with van der Waals surface area (Å²) in [5.41, 5.74) is 4.07. The number of hydrogen-bond donors (Lipinski definition) is 1. The van der Waals surface area contributed by atoms with Gasteiger partial charge in [-0.3, -0.25) is 4.79 Å². The molecule has 1 heterocycles. The molecule has 0 aliphatic carbocycles. The van der Waals surface area contributed by atoms with Crippen LogP contribution in [0.5, 0.6) is 0 Å². The molecule has 0 aliphatic heterocycles. The van der Waals surface area contributed by atoms with Crippen LogP contribution in [-0.4, -0.2) is 11.3 Å². The minimum Gasteiger partial charge on any atom is -0.358 e. The lowest BCUT2D eigenvalue weighted by molar-refractivity contribution is 0.112. The summed E-state index contributed by atoms with van der Waals surface area (Å²) in [7, 11) is 0. The van der Waals surface area contributed by atoms with Gasteiger partial charge in [-0.15, -0.1) is 0 Å². The van der Waals surface area contributed by atoms with Crippen molar-refractivity contribution in [2.24, 2.45) is 0 Å². The third-order valence-corrected chi connectivity index (χ3v) is 2.55. The van der Waals surface area contributed by atoms with Crippen molar-refractivity contribution in [1.29, 1.82) is 0 Å². The van der Waals surface area contributed by atoms with Gasteiger partial charge in [0.05, 0.1) is 0 Å². The van der Waals surface area contributed by atoms with Crippen molar-refractivity contribution in [2.45, 2.75) is 20.3 Å². The number of H-pyrrole nitrogens is 1. The third kappa shape index (κ3) is 1.23. The predicted molar refractivity (Wildman–Crippen MR) is 57.8 cm³/mol. The highest BCUT2D eigenvalue weighted by molar-refractivity contribution is 5.99. The number of aromatic amines is 1. The van der Waals surface area contributed by atoms with Crippen LogP contribution in [0.2, 0.25) is 0 Å². The van der Waals surface area contributed by atoms with Crippen molar-refractivity contribution < 1.29 is 4.79 Å². The molecule has 2 heteroatoms. The first kappa shape index (κ1) is 9.00. The molecule has 0 spiro atoms. The molecule has 0 saturated carbocycles. The van der Waals surface area contributed by atoms with E-state index in [2.05, 4.69) is 11.1 Å². The van der Waals surface area contributed by atoms with Crippen LogP contribution in [-0.2, 0) is 6.42 Å². The third-order valence-electron chi connectivity index (χ3n) is 2.55. The molecule has 0 radical (unpaired) electrons. The number of aldehydes is 1. The van der Waals surface area contributed by atoms with Crippen molar-refractivity contribution in [1.82, 2.24) is 4.98 Å². The molecule has 0 saturated heterocycles. The van der Waals surface area contributed by atoms with Crippen LogP contribution >= 0.6 is 0 Å². The molecule has 2 nitrogen and oxygen atoms in total. The highest BCUT2D eigenvalue weighted by atomic mass is 16.1. The van der Waals surface area contributed by atoms with Crippen LogP contribution in [0, 0.1) is 6.92 Å². The number of hydrogen-bond acceptors (Lipinski definition) is 1. The van der Waals surface area contributed by atoms with E-state index in [1.54, 1.807) is 0 Å². The second-order valence-corrected chi connectivity index (χ2v) is 3.54. The Balaban J connectivity index is 2.81. The fraction of sp³-hybridized carbons (Fsp3) is 0.250. The molecule has 2 aromatic rings. The first-order valence-electron chi connectivity index (χ1n) is 4.82. The van der Waals surface area contributed by atoms with Gasteiger partial charge in [0.1, 0.15) is 0 Å². The van der Waals surface area contributed by atoms with Crippen LogP contribution < -0.4 is 0 Å². The summed E-state index contributed by atoms with van der Waals surface area (Å²) in [5, 5.41) is 1.04. The molecule has 0 aliphatic rings. The van der Waals surface area contributed by atoms with Gasteiger partial charge in [0.2, 0.25) is 0 Å². The lowest BCUT2D eigenvalue weighted by atomic mass is 10.1. The molecule has 72 valence electrons. The Labute approximate surface area is 82.9 Å². The molecule has 1 aromatic carbocycles. The number of fused-ring (bicyclic) bond motifs is 1. The molecule has 0 atom stereocenters. The summed E-state index contributed by atoms with van der Waals surface area (Å²) >= 11 is 0. The summed E-state index contributed by atoms with van der Waals surface area (Å²) in [6, 6.07) is 6.12. The van der Waals surface area contributed by atoms with Crippen LogP contribution in [0.25, 0.3) is 10.9 Å². The zero-order valence-electron chi connectivity index (χ0n) is 8.42. The molecule has 0 fully saturated rings. The number of nitrogens with one attached hydrogen (secondary N) is 1. The van der Waals surface area contributed by atoms with Gasteiger partial charge in [-0.1, -0.05) is 18.6 Å². The summed E-state index contributed by atoms with van der Waals surface area (Å²) < 4.78 is 0. The second-order valence-electron chi connectivity index (χ2n) is 3.54. The zero-order chi connectivity index (χ0) is 10.1. The van der Waals surface area contributed by atoms with Gasteiger partial charge in [-0.2, -0.15) is 0 Å². The highest BCUT2D eigenvalue weighted by Gasteiger charge is 2.08. The predicted octanol–water partition coefficient (Wildman–Crippen LogP) is 2.85. The van der Waals surface area contributed by atoms with E-state index in [4.69, 9.17) is 0 Å². The van der Waals surface area contributed by atoms with E-state index in [0.29, 0.717) is 0 Å². The molecule has 14 heavy (non-hydrogen) atoms. The minimum absolute atomic E-state index is 0.811. The van der Waals surface area contributed by atoms with E-state index < -0.39 is 0 Å². The summed E-state index contributed by atoms with van der Waals surface area (Å²) in [6.45, 7) is 4.08. The number of aromatic nitrogens is 1. The normalized spacial score (nSPS) is 10.7. The zero-order valence-corrected chi connectivity index (χ0v) is 8.42. The largest absolute Gasteiger partial charge is 0.358 e. The van der Waals surface area contributed by atoms with Gasteiger partial charge in [0.15, 0.2) is 6.29 Å². The van der Waals surface area contributed by atoms with Crippen LogP contribution in [0.3, 0.4) is 0 Å². The summed E-state index contributed by atoms with van der Waals surface area (Å²) in [6.07, 6.45) is 1.80. The Kier molecular flexibility index (Phi) is 2.12. The molecule has 0 bridgehead atoms.